The molecule has 0 atom stereocenters. The molecule has 0 amide bonds. The molecule has 1 aromatic carbocycles. The van der Waals surface area contributed by atoms with E-state index in [4.69, 9.17) is 10.5 Å². The summed E-state index contributed by atoms with van der Waals surface area (Å²) in [4.78, 5) is 2.17. The predicted octanol–water partition coefficient (Wildman–Crippen LogP) is 2.33. The third kappa shape index (κ3) is 2.00. The van der Waals surface area contributed by atoms with E-state index in [0.717, 1.165) is 5.56 Å². The topological polar surface area (TPSA) is 47.6 Å². The first-order valence-electron chi connectivity index (χ1n) is 4.32. The van der Waals surface area contributed by atoms with E-state index in [-0.39, 0.29) is 5.57 Å². The van der Waals surface area contributed by atoms with Gasteiger partial charge in [-0.1, -0.05) is 0 Å². The molecule has 0 aliphatic carbocycles. The van der Waals surface area contributed by atoms with Crippen molar-refractivity contribution in [2.45, 2.75) is 0 Å². The first-order chi connectivity index (χ1) is 7.33. The van der Waals surface area contributed by atoms with Crippen LogP contribution in [0.25, 0.3) is 15.7 Å². The minimum atomic E-state index is 0.141. The summed E-state index contributed by atoms with van der Waals surface area (Å²) >= 11 is 0.449. The van der Waals surface area contributed by atoms with Crippen LogP contribution in [0.2, 0.25) is 0 Å². The molecule has 0 aliphatic rings. The molecule has 0 radical (unpaired) electrons. The van der Waals surface area contributed by atoms with E-state index in [1.54, 1.807) is 6.08 Å². The van der Waals surface area contributed by atoms with Crippen molar-refractivity contribution in [2.75, 3.05) is 0 Å². The van der Waals surface area contributed by atoms with E-state index in [2.05, 4.69) is 17.1 Å². The van der Waals surface area contributed by atoms with Gasteiger partial charge in [-0.3, -0.25) is 0 Å². The molecule has 3 heteroatoms. The predicted molar refractivity (Wildman–Crippen MR) is 60.1 cm³/mol. The molecule has 0 unspecified atom stereocenters. The fraction of sp³-hybridized carbons (Fsp3) is 0. The van der Waals surface area contributed by atoms with Crippen LogP contribution in [0.15, 0.2) is 34.8 Å². The number of allylic oxidation sites excluding steroid dienone is 1. The minimum absolute atomic E-state index is 0.141. The second-order valence-electron chi connectivity index (χ2n) is 3.00. The van der Waals surface area contributed by atoms with Crippen LogP contribution in [-0.4, -0.2) is 14.5 Å². The first-order valence-corrected chi connectivity index (χ1v) is 6.17. The van der Waals surface area contributed by atoms with E-state index in [1.807, 2.05) is 24.3 Å². The molecule has 70 valence electrons. The van der Waals surface area contributed by atoms with Crippen LogP contribution in [0.3, 0.4) is 0 Å². The number of nitrogens with zero attached hydrogens (tertiary/aromatic N) is 2. The Morgan fingerprint density at radius 3 is 2.73 bits per heavy atom. The monoisotopic (exact) mass is 258 g/mol. The van der Waals surface area contributed by atoms with Crippen LogP contribution in [0.5, 0.6) is 0 Å². The van der Waals surface area contributed by atoms with Gasteiger partial charge >= 0.3 is 93.2 Å². The van der Waals surface area contributed by atoms with Crippen molar-refractivity contribution >= 4 is 30.2 Å². The Balaban J connectivity index is 2.51. The van der Waals surface area contributed by atoms with Crippen LogP contribution in [0.4, 0.5) is 0 Å². The molecule has 15 heavy (non-hydrogen) atoms. The van der Waals surface area contributed by atoms with Gasteiger partial charge in [-0.05, 0) is 0 Å². The maximum atomic E-state index is 8.63. The maximum absolute atomic E-state index is 8.63. The van der Waals surface area contributed by atoms with Gasteiger partial charge in [0.05, 0.1) is 0 Å². The Bertz CT molecular complexity index is 592. The zero-order valence-electron chi connectivity index (χ0n) is 7.77. The van der Waals surface area contributed by atoms with Gasteiger partial charge in [-0.25, -0.2) is 0 Å². The summed E-state index contributed by atoms with van der Waals surface area (Å²) < 4.78 is 1.36. The van der Waals surface area contributed by atoms with Crippen molar-refractivity contribution in [3.63, 3.8) is 0 Å². The second-order valence-corrected chi connectivity index (χ2v) is 4.99. The Kier molecular flexibility index (Phi) is 2.70. The van der Waals surface area contributed by atoms with Crippen LogP contribution >= 0.6 is 0 Å². The summed E-state index contributed by atoms with van der Waals surface area (Å²) in [6.45, 7) is 0. The normalized spacial score (nSPS) is 9.20. The van der Waals surface area contributed by atoms with Gasteiger partial charge in [-0.2, -0.15) is 0 Å². The van der Waals surface area contributed by atoms with Crippen molar-refractivity contribution in [2.24, 2.45) is 0 Å². The second kappa shape index (κ2) is 4.15. The molecule has 0 fully saturated rings. The van der Waals surface area contributed by atoms with Gasteiger partial charge in [-0.15, -0.1) is 0 Å². The van der Waals surface area contributed by atoms with Crippen LogP contribution < -0.4 is 0 Å². The van der Waals surface area contributed by atoms with Crippen molar-refractivity contribution in [1.29, 1.82) is 10.5 Å². The molecule has 2 rings (SSSR count). The fourth-order valence-corrected chi connectivity index (χ4v) is 2.95. The molecular weight excluding hydrogens is 251 g/mol. The molecule has 0 saturated carbocycles. The molecule has 0 aliphatic heterocycles. The summed E-state index contributed by atoms with van der Waals surface area (Å²) in [5.74, 6) is 0. The standard InChI is InChI=1S/C12H6N2Se/c13-7-10(8-14)5-9-1-2-12-11(6-9)3-4-15-12/h1-6H. The Morgan fingerprint density at radius 1 is 1.20 bits per heavy atom. The van der Waals surface area contributed by atoms with Crippen molar-refractivity contribution < 1.29 is 0 Å². The van der Waals surface area contributed by atoms with Gasteiger partial charge in [0.2, 0.25) is 0 Å². The van der Waals surface area contributed by atoms with Gasteiger partial charge in [0.1, 0.15) is 0 Å². The third-order valence-electron chi connectivity index (χ3n) is 2.03. The van der Waals surface area contributed by atoms with Gasteiger partial charge in [0.25, 0.3) is 0 Å². The van der Waals surface area contributed by atoms with Gasteiger partial charge < -0.3 is 0 Å². The molecule has 0 saturated heterocycles. The van der Waals surface area contributed by atoms with E-state index < -0.39 is 0 Å². The van der Waals surface area contributed by atoms with Crippen LogP contribution in [-0.2, 0) is 0 Å². The number of fused-ring (bicyclic) bond motifs is 1. The van der Waals surface area contributed by atoms with E-state index in [1.165, 1.54) is 9.65 Å². The zero-order valence-corrected chi connectivity index (χ0v) is 9.48. The van der Waals surface area contributed by atoms with Crippen LogP contribution in [0, 0.1) is 22.7 Å². The number of nitriles is 2. The van der Waals surface area contributed by atoms with Crippen molar-refractivity contribution in [3.05, 3.63) is 40.3 Å². The quantitative estimate of drug-likeness (QED) is 0.581. The summed E-state index contributed by atoms with van der Waals surface area (Å²) in [5.41, 5.74) is 1.05. The van der Waals surface area contributed by atoms with Crippen molar-refractivity contribution in [3.8, 4) is 12.1 Å². The van der Waals surface area contributed by atoms with Gasteiger partial charge in [0, 0.05) is 0 Å². The number of hydrogen-bond acceptors (Lipinski definition) is 2. The zero-order chi connectivity index (χ0) is 10.7. The Morgan fingerprint density at radius 2 is 2.00 bits per heavy atom. The molecule has 0 spiro atoms. The first kappa shape index (κ1) is 9.74. The molecule has 2 aromatic rings. The Hall–Kier alpha value is -1.80. The van der Waals surface area contributed by atoms with E-state index in [0.29, 0.717) is 14.5 Å². The summed E-state index contributed by atoms with van der Waals surface area (Å²) in [6, 6.07) is 11.8. The molecule has 1 aromatic heterocycles. The van der Waals surface area contributed by atoms with Crippen LogP contribution in [0.1, 0.15) is 5.56 Å². The Labute approximate surface area is 93.4 Å². The van der Waals surface area contributed by atoms with E-state index >= 15 is 0 Å². The van der Waals surface area contributed by atoms with Gasteiger partial charge in [0.15, 0.2) is 0 Å². The average Bonchev–Trinajstić information content (AvgIpc) is 2.73. The summed E-state index contributed by atoms with van der Waals surface area (Å²) in [6.07, 6.45) is 1.61. The number of benzene rings is 1. The molecule has 0 bridgehead atoms. The number of rotatable bonds is 1. The van der Waals surface area contributed by atoms with E-state index in [9.17, 15) is 0 Å². The molecule has 1 heterocycles. The fourth-order valence-electron chi connectivity index (χ4n) is 1.33. The number of hydrogen-bond donors (Lipinski definition) is 0. The summed E-state index contributed by atoms with van der Waals surface area (Å²) in [5, 5.41) is 18.5. The molecular formula is C12H6N2Se. The van der Waals surface area contributed by atoms with Crippen molar-refractivity contribution in [1.82, 2.24) is 0 Å². The third-order valence-corrected chi connectivity index (χ3v) is 3.91. The molecule has 0 N–H and O–H groups in total. The SMILES string of the molecule is N#CC(C#N)=Cc1ccc2[se]ccc2c1. The molecule has 2 nitrogen and oxygen atoms in total. The average molecular weight is 257 g/mol. The summed E-state index contributed by atoms with van der Waals surface area (Å²) in [7, 11) is 0.